The van der Waals surface area contributed by atoms with E-state index < -0.39 is 5.97 Å². The van der Waals surface area contributed by atoms with Crippen molar-refractivity contribution in [1.82, 2.24) is 0 Å². The average Bonchev–Trinajstić information content (AvgIpc) is 2.77. The van der Waals surface area contributed by atoms with Gasteiger partial charge in [0.1, 0.15) is 5.82 Å². The highest BCUT2D eigenvalue weighted by molar-refractivity contribution is 9.10. The van der Waals surface area contributed by atoms with Crippen LogP contribution < -0.4 is 4.90 Å². The lowest BCUT2D eigenvalue weighted by Gasteiger charge is -2.30. The normalized spacial score (nSPS) is 14.6. The summed E-state index contributed by atoms with van der Waals surface area (Å²) in [4.78, 5) is 26.5. The van der Waals surface area contributed by atoms with Crippen LogP contribution in [0.5, 0.6) is 0 Å². The van der Waals surface area contributed by atoms with E-state index in [1.807, 2.05) is 24.3 Å². The van der Waals surface area contributed by atoms with Gasteiger partial charge < -0.3 is 9.64 Å². The lowest BCUT2D eigenvalue weighted by atomic mass is 9.88. The van der Waals surface area contributed by atoms with Gasteiger partial charge in [-0.05, 0) is 48.7 Å². The molecule has 1 aliphatic rings. The number of ether oxygens (including phenoxy) is 1. The largest absolute Gasteiger partial charge is 0.466 e. The average molecular weight is 474 g/mol. The molecule has 30 heavy (non-hydrogen) atoms. The summed E-state index contributed by atoms with van der Waals surface area (Å²) in [5, 5.41) is 0. The topological polar surface area (TPSA) is 46.6 Å². The summed E-state index contributed by atoms with van der Waals surface area (Å²) in [6, 6.07) is 12.2. The number of hydrogen-bond donors (Lipinski definition) is 0. The number of methoxy groups -OCH3 is 1. The maximum atomic E-state index is 14.5. The molecule has 2 aromatic rings. The molecule has 6 heteroatoms. The molecule has 158 valence electrons. The van der Waals surface area contributed by atoms with Crippen molar-refractivity contribution in [1.29, 1.82) is 0 Å². The van der Waals surface area contributed by atoms with Gasteiger partial charge in [0.25, 0.3) is 0 Å². The van der Waals surface area contributed by atoms with Crippen molar-refractivity contribution < 1.29 is 18.7 Å². The van der Waals surface area contributed by atoms with E-state index >= 15 is 0 Å². The number of carbonyl (C=O) groups excluding carboxylic acids is 2. The first-order chi connectivity index (χ1) is 14.5. The van der Waals surface area contributed by atoms with Crippen LogP contribution in [-0.4, -0.2) is 19.0 Å². The monoisotopic (exact) mass is 473 g/mol. The minimum atomic E-state index is -0.451. The molecular weight excluding hydrogens is 449 g/mol. The lowest BCUT2D eigenvalue weighted by Crippen LogP contribution is -2.37. The fourth-order valence-electron chi connectivity index (χ4n) is 3.72. The van der Waals surface area contributed by atoms with Gasteiger partial charge >= 0.3 is 5.97 Å². The molecule has 0 aliphatic heterocycles. The molecule has 0 bridgehead atoms. The predicted octanol–water partition coefficient (Wildman–Crippen LogP) is 5.89. The van der Waals surface area contributed by atoms with E-state index in [2.05, 4.69) is 20.7 Å². The Hall–Kier alpha value is -2.47. The Morgan fingerprint density at radius 2 is 1.93 bits per heavy atom. The van der Waals surface area contributed by atoms with E-state index in [4.69, 9.17) is 0 Å². The Balaban J connectivity index is 1.93. The van der Waals surface area contributed by atoms with Gasteiger partial charge in [-0.1, -0.05) is 53.4 Å². The van der Waals surface area contributed by atoms with E-state index in [0.29, 0.717) is 15.7 Å². The van der Waals surface area contributed by atoms with Crippen LogP contribution in [0.2, 0.25) is 0 Å². The third-order valence-electron chi connectivity index (χ3n) is 5.36. The zero-order valence-corrected chi connectivity index (χ0v) is 18.5. The minimum absolute atomic E-state index is 0.0196. The van der Waals surface area contributed by atoms with Crippen molar-refractivity contribution in [3.8, 4) is 0 Å². The Morgan fingerprint density at radius 1 is 1.17 bits per heavy atom. The first kappa shape index (κ1) is 22.2. The number of nitrogens with zero attached hydrogens (tertiary/aromatic N) is 1. The third kappa shape index (κ3) is 5.79. The van der Waals surface area contributed by atoms with E-state index in [1.165, 1.54) is 19.3 Å². The van der Waals surface area contributed by atoms with Crippen LogP contribution in [-0.2, 0) is 20.9 Å². The van der Waals surface area contributed by atoms with Crippen molar-refractivity contribution in [2.24, 2.45) is 5.92 Å². The number of rotatable bonds is 6. The third-order valence-corrected chi connectivity index (χ3v) is 5.85. The van der Waals surface area contributed by atoms with E-state index in [-0.39, 0.29) is 24.2 Å². The molecule has 0 radical (unpaired) electrons. The van der Waals surface area contributed by atoms with Crippen LogP contribution in [0.15, 0.2) is 53.0 Å². The summed E-state index contributed by atoms with van der Waals surface area (Å²) < 4.78 is 19.8. The highest BCUT2D eigenvalue weighted by Gasteiger charge is 2.27. The van der Waals surface area contributed by atoms with E-state index in [9.17, 15) is 14.0 Å². The van der Waals surface area contributed by atoms with Crippen molar-refractivity contribution in [3.63, 3.8) is 0 Å². The number of esters is 1. The fraction of sp³-hybridized carbons (Fsp3) is 0.333. The molecule has 3 rings (SSSR count). The van der Waals surface area contributed by atoms with Gasteiger partial charge in [0.05, 0.1) is 13.7 Å². The molecular formula is C24H25BrFNO3. The molecule has 0 saturated heterocycles. The van der Waals surface area contributed by atoms with Gasteiger partial charge in [-0.2, -0.15) is 0 Å². The molecule has 4 nitrogen and oxygen atoms in total. The molecule has 0 N–H and O–H groups in total. The minimum Gasteiger partial charge on any atom is -0.466 e. The van der Waals surface area contributed by atoms with Gasteiger partial charge in [0.2, 0.25) is 5.91 Å². The summed E-state index contributed by atoms with van der Waals surface area (Å²) in [5.74, 6) is -0.835. The van der Waals surface area contributed by atoms with Gasteiger partial charge in [-0.3, -0.25) is 4.79 Å². The zero-order chi connectivity index (χ0) is 21.5. The van der Waals surface area contributed by atoms with Crippen LogP contribution in [0.4, 0.5) is 10.1 Å². The number of carbonyl (C=O) groups is 2. The highest BCUT2D eigenvalue weighted by Crippen LogP contribution is 2.30. The van der Waals surface area contributed by atoms with Gasteiger partial charge in [0, 0.05) is 27.7 Å². The maximum absolute atomic E-state index is 14.5. The molecule has 1 aliphatic carbocycles. The standard InChI is InChI=1S/C24H25BrFNO3/c1-30-23(28)13-10-17-6-5-9-21(14-17)27(24(29)18-7-3-2-4-8-18)16-19-11-12-20(25)15-22(19)26/h5-6,9-15,18H,2-4,7-8,16H2,1H3/b13-10+. The van der Waals surface area contributed by atoms with Gasteiger partial charge in [-0.25, -0.2) is 9.18 Å². The maximum Gasteiger partial charge on any atom is 0.330 e. The van der Waals surface area contributed by atoms with Crippen molar-refractivity contribution in [2.75, 3.05) is 12.0 Å². The zero-order valence-electron chi connectivity index (χ0n) is 16.9. The molecule has 0 atom stereocenters. The fourth-order valence-corrected chi connectivity index (χ4v) is 4.05. The Bertz CT molecular complexity index is 938. The van der Waals surface area contributed by atoms with Crippen LogP contribution in [0.25, 0.3) is 6.08 Å². The first-order valence-corrected chi connectivity index (χ1v) is 10.9. The summed E-state index contributed by atoms with van der Waals surface area (Å²) in [5.41, 5.74) is 1.90. The summed E-state index contributed by atoms with van der Waals surface area (Å²) in [7, 11) is 1.32. The lowest BCUT2D eigenvalue weighted by molar-refractivity contribution is -0.134. The molecule has 0 aromatic heterocycles. The summed E-state index contributed by atoms with van der Waals surface area (Å²) >= 11 is 3.28. The second-order valence-electron chi connectivity index (χ2n) is 7.45. The molecule has 0 unspecified atom stereocenters. The Labute approximate surface area is 184 Å². The quantitative estimate of drug-likeness (QED) is 0.388. The SMILES string of the molecule is COC(=O)/C=C/c1cccc(N(Cc2ccc(Br)cc2F)C(=O)C2CCCCC2)c1. The van der Waals surface area contributed by atoms with Crippen LogP contribution >= 0.6 is 15.9 Å². The Kier molecular flexibility index (Phi) is 7.80. The number of benzene rings is 2. The van der Waals surface area contributed by atoms with E-state index in [1.54, 1.807) is 23.1 Å². The number of hydrogen-bond acceptors (Lipinski definition) is 3. The van der Waals surface area contributed by atoms with Crippen LogP contribution in [0, 0.1) is 11.7 Å². The molecule has 1 amide bonds. The van der Waals surface area contributed by atoms with Gasteiger partial charge in [0.15, 0.2) is 0 Å². The predicted molar refractivity (Wildman–Crippen MR) is 119 cm³/mol. The summed E-state index contributed by atoms with van der Waals surface area (Å²) in [6.45, 7) is 0.151. The second kappa shape index (κ2) is 10.5. The molecule has 1 fully saturated rings. The molecule has 2 aromatic carbocycles. The summed E-state index contributed by atoms with van der Waals surface area (Å²) in [6.07, 6.45) is 7.93. The second-order valence-corrected chi connectivity index (χ2v) is 8.36. The van der Waals surface area contributed by atoms with Crippen molar-refractivity contribution in [3.05, 3.63) is 70.0 Å². The van der Waals surface area contributed by atoms with Crippen LogP contribution in [0.3, 0.4) is 0 Å². The Morgan fingerprint density at radius 3 is 2.63 bits per heavy atom. The van der Waals surface area contributed by atoms with E-state index in [0.717, 1.165) is 37.7 Å². The van der Waals surface area contributed by atoms with Crippen molar-refractivity contribution >= 4 is 39.6 Å². The molecule has 0 spiro atoms. The van der Waals surface area contributed by atoms with Crippen LogP contribution in [0.1, 0.15) is 43.2 Å². The number of amides is 1. The molecule has 0 heterocycles. The molecule has 1 saturated carbocycles. The van der Waals surface area contributed by atoms with Gasteiger partial charge in [-0.15, -0.1) is 0 Å². The number of halogens is 2. The number of anilines is 1. The smallest absolute Gasteiger partial charge is 0.330 e. The van der Waals surface area contributed by atoms with Crippen molar-refractivity contribution in [2.45, 2.75) is 38.6 Å². The first-order valence-electron chi connectivity index (χ1n) is 10.1. The highest BCUT2D eigenvalue weighted by atomic mass is 79.9.